The number of hydrogen-bond acceptors (Lipinski definition) is 6. The van der Waals surface area contributed by atoms with Crippen LogP contribution in [0.4, 0.5) is 18.9 Å². The van der Waals surface area contributed by atoms with Gasteiger partial charge < -0.3 is 15.0 Å². The molecule has 1 fully saturated rings. The van der Waals surface area contributed by atoms with E-state index < -0.39 is 23.1 Å². The smallest absolute Gasteiger partial charge is 0.262 e. The van der Waals surface area contributed by atoms with Crippen molar-refractivity contribution < 1.29 is 22.7 Å². The highest BCUT2D eigenvalue weighted by molar-refractivity contribution is 7.99. The summed E-state index contributed by atoms with van der Waals surface area (Å²) in [5, 5.41) is 3.32. The molecular weight excluding hydrogens is 531 g/mol. The average molecular weight is 562 g/mol. The largest absolute Gasteiger partial charge is 0.378 e. The molecule has 0 saturated carbocycles. The van der Waals surface area contributed by atoms with Crippen molar-refractivity contribution in [3.63, 3.8) is 0 Å². The second-order valence-electron chi connectivity index (χ2n) is 9.15. The number of nitrogens with zero attached hydrogens (tertiary/aromatic N) is 1. The molecule has 2 aromatic carbocycles. The van der Waals surface area contributed by atoms with Crippen LogP contribution in [0.1, 0.15) is 32.6 Å². The molecule has 2 N–H and O–H groups in total. The van der Waals surface area contributed by atoms with Gasteiger partial charge in [0.15, 0.2) is 0 Å². The SMILES string of the molecule is CN(C)CCC(CSc1ccc(F)cc1F)Nc1c(F)cc(SNC(=O)C2(C)CCCCO2)cc1Cl. The molecule has 1 aliphatic heterocycles. The number of amides is 1. The predicted octanol–water partition coefficient (Wildman–Crippen LogP) is 6.36. The van der Waals surface area contributed by atoms with Gasteiger partial charge in [-0.1, -0.05) is 11.6 Å². The van der Waals surface area contributed by atoms with E-state index in [-0.39, 0.29) is 22.7 Å². The highest BCUT2D eigenvalue weighted by Gasteiger charge is 2.36. The maximum atomic E-state index is 15.1. The summed E-state index contributed by atoms with van der Waals surface area (Å²) in [4.78, 5) is 15.3. The summed E-state index contributed by atoms with van der Waals surface area (Å²) in [6.07, 6.45) is 3.12. The van der Waals surface area contributed by atoms with Crippen LogP contribution < -0.4 is 10.0 Å². The number of rotatable bonds is 11. The van der Waals surface area contributed by atoms with Gasteiger partial charge in [-0.2, -0.15) is 0 Å². The first-order valence-corrected chi connectivity index (χ1v) is 13.8. The zero-order valence-corrected chi connectivity index (χ0v) is 22.9. The molecule has 0 spiro atoms. The van der Waals surface area contributed by atoms with Crippen LogP contribution in [0.15, 0.2) is 40.1 Å². The quantitative estimate of drug-likeness (QED) is 0.246. The summed E-state index contributed by atoms with van der Waals surface area (Å²) in [6, 6.07) is 6.09. The topological polar surface area (TPSA) is 53.6 Å². The lowest BCUT2D eigenvalue weighted by Crippen LogP contribution is -2.46. The summed E-state index contributed by atoms with van der Waals surface area (Å²) in [7, 11) is 3.85. The number of carbonyl (C=O) groups excluding carboxylic acids is 1. The number of ether oxygens (including phenoxy) is 1. The second-order valence-corrected chi connectivity index (χ2v) is 11.5. The summed E-state index contributed by atoms with van der Waals surface area (Å²) in [5.74, 6) is -1.68. The zero-order valence-electron chi connectivity index (χ0n) is 20.5. The van der Waals surface area contributed by atoms with E-state index in [0.29, 0.717) is 41.5 Å². The molecule has 36 heavy (non-hydrogen) atoms. The van der Waals surface area contributed by atoms with Crippen molar-refractivity contribution in [1.82, 2.24) is 9.62 Å². The number of hydrogen-bond donors (Lipinski definition) is 2. The van der Waals surface area contributed by atoms with Crippen LogP contribution in [-0.4, -0.2) is 55.4 Å². The third kappa shape index (κ3) is 8.21. The van der Waals surface area contributed by atoms with E-state index in [1.165, 1.54) is 30.0 Å². The van der Waals surface area contributed by atoms with Gasteiger partial charge in [0, 0.05) is 34.3 Å². The van der Waals surface area contributed by atoms with E-state index in [2.05, 4.69) is 10.0 Å². The van der Waals surface area contributed by atoms with Crippen LogP contribution >= 0.6 is 35.3 Å². The van der Waals surface area contributed by atoms with Crippen LogP contribution in [0.25, 0.3) is 0 Å². The molecule has 1 heterocycles. The molecule has 198 valence electrons. The fourth-order valence-electron chi connectivity index (χ4n) is 3.67. The van der Waals surface area contributed by atoms with Gasteiger partial charge >= 0.3 is 0 Å². The third-order valence-electron chi connectivity index (χ3n) is 5.83. The molecule has 2 atom stereocenters. The Morgan fingerprint density at radius 3 is 2.61 bits per heavy atom. The number of anilines is 1. The van der Waals surface area contributed by atoms with E-state index in [1.54, 1.807) is 13.0 Å². The number of carbonyl (C=O) groups is 1. The Bertz CT molecular complexity index is 1030. The Kier molecular flexibility index (Phi) is 10.7. The molecule has 5 nitrogen and oxygen atoms in total. The molecule has 1 aliphatic rings. The molecule has 11 heteroatoms. The van der Waals surface area contributed by atoms with Crippen molar-refractivity contribution in [1.29, 1.82) is 0 Å². The number of halogens is 4. The fraction of sp³-hybridized carbons (Fsp3) is 0.480. The Balaban J connectivity index is 1.66. The van der Waals surface area contributed by atoms with E-state index in [1.807, 2.05) is 19.0 Å². The maximum absolute atomic E-state index is 15.1. The molecule has 1 saturated heterocycles. The third-order valence-corrected chi connectivity index (χ3v) is 8.10. The molecule has 2 unspecified atom stereocenters. The number of nitrogens with one attached hydrogen (secondary N) is 2. The van der Waals surface area contributed by atoms with Gasteiger partial charge in [-0.15, -0.1) is 11.8 Å². The van der Waals surface area contributed by atoms with Crippen molar-refractivity contribution in [3.05, 3.63) is 52.8 Å². The first kappa shape index (κ1) is 29.0. The lowest BCUT2D eigenvalue weighted by Gasteiger charge is -2.32. The molecule has 3 rings (SSSR count). The Morgan fingerprint density at radius 1 is 1.19 bits per heavy atom. The maximum Gasteiger partial charge on any atom is 0.262 e. The van der Waals surface area contributed by atoms with E-state index >= 15 is 4.39 Å². The molecule has 1 amide bonds. The summed E-state index contributed by atoms with van der Waals surface area (Å²) < 4.78 is 50.8. The standard InChI is InChI=1S/C25H31ClF3N3O2S2/c1-25(9-4-5-11-34-25)24(33)31-36-18-13-19(26)23(21(29)14-18)30-17(8-10-32(2)3)15-35-22-7-6-16(27)12-20(22)28/h6-7,12-14,17,30H,4-5,8-11,15H2,1-3H3,(H,31,33). The van der Waals surface area contributed by atoms with E-state index in [4.69, 9.17) is 16.3 Å². The van der Waals surface area contributed by atoms with Gasteiger partial charge in [0.25, 0.3) is 5.91 Å². The summed E-state index contributed by atoms with van der Waals surface area (Å²) in [5.41, 5.74) is -0.755. The summed E-state index contributed by atoms with van der Waals surface area (Å²) >= 11 is 8.63. The van der Waals surface area contributed by atoms with Crippen LogP contribution in [-0.2, 0) is 9.53 Å². The number of thioether (sulfide) groups is 1. The Labute approximate surface area is 224 Å². The Hall–Kier alpha value is -1.59. The fourth-order valence-corrected chi connectivity index (χ4v) is 5.76. The van der Waals surface area contributed by atoms with Crippen LogP contribution in [0.2, 0.25) is 5.02 Å². The minimum Gasteiger partial charge on any atom is -0.378 e. The molecule has 0 radical (unpaired) electrons. The molecular formula is C25H31ClF3N3O2S2. The molecule has 0 aliphatic carbocycles. The molecule has 2 aromatic rings. The van der Waals surface area contributed by atoms with Gasteiger partial charge in [0.05, 0.1) is 10.7 Å². The van der Waals surface area contributed by atoms with Gasteiger partial charge in [-0.3, -0.25) is 9.52 Å². The zero-order chi connectivity index (χ0) is 26.3. The minimum atomic E-state index is -0.892. The van der Waals surface area contributed by atoms with Crippen LogP contribution in [0.3, 0.4) is 0 Å². The highest BCUT2D eigenvalue weighted by atomic mass is 35.5. The van der Waals surface area contributed by atoms with Gasteiger partial charge in [0.1, 0.15) is 23.1 Å². The Morgan fingerprint density at radius 2 is 1.97 bits per heavy atom. The van der Waals surface area contributed by atoms with Gasteiger partial charge in [-0.05, 0) is 89.5 Å². The number of benzene rings is 2. The summed E-state index contributed by atoms with van der Waals surface area (Å²) in [6.45, 7) is 3.01. The van der Waals surface area contributed by atoms with Crippen molar-refractivity contribution in [3.8, 4) is 0 Å². The first-order valence-electron chi connectivity index (χ1n) is 11.7. The average Bonchev–Trinajstić information content (AvgIpc) is 2.82. The van der Waals surface area contributed by atoms with Crippen LogP contribution in [0.5, 0.6) is 0 Å². The van der Waals surface area contributed by atoms with E-state index in [9.17, 15) is 13.6 Å². The van der Waals surface area contributed by atoms with Crippen molar-refractivity contribution >= 4 is 46.9 Å². The monoisotopic (exact) mass is 561 g/mol. The normalized spacial score (nSPS) is 18.8. The molecule has 0 bridgehead atoms. The highest BCUT2D eigenvalue weighted by Crippen LogP contribution is 2.33. The van der Waals surface area contributed by atoms with Crippen LogP contribution in [0, 0.1) is 17.5 Å². The predicted molar refractivity (Wildman–Crippen MR) is 141 cm³/mol. The van der Waals surface area contributed by atoms with Gasteiger partial charge in [0.2, 0.25) is 0 Å². The van der Waals surface area contributed by atoms with Crippen molar-refractivity contribution in [2.24, 2.45) is 0 Å². The minimum absolute atomic E-state index is 0.138. The first-order chi connectivity index (χ1) is 17.1. The lowest BCUT2D eigenvalue weighted by atomic mass is 9.95. The van der Waals surface area contributed by atoms with Gasteiger partial charge in [-0.25, -0.2) is 13.2 Å². The molecule has 0 aromatic heterocycles. The van der Waals surface area contributed by atoms with Crippen molar-refractivity contribution in [2.45, 2.75) is 54.0 Å². The lowest BCUT2D eigenvalue weighted by molar-refractivity contribution is -0.148. The van der Waals surface area contributed by atoms with Crippen molar-refractivity contribution in [2.75, 3.05) is 38.3 Å². The second kappa shape index (κ2) is 13.3. The van der Waals surface area contributed by atoms with E-state index in [0.717, 1.165) is 30.9 Å².